The van der Waals surface area contributed by atoms with Crippen molar-refractivity contribution in [2.45, 2.75) is 31.6 Å². The smallest absolute Gasteiger partial charge is 0.337 e. The Bertz CT molecular complexity index is 735. The van der Waals surface area contributed by atoms with Crippen molar-refractivity contribution in [3.8, 4) is 0 Å². The van der Waals surface area contributed by atoms with E-state index >= 15 is 0 Å². The number of hydrogen-bond donors (Lipinski definition) is 1. The summed E-state index contributed by atoms with van der Waals surface area (Å²) in [6.45, 7) is 5.55. The summed E-state index contributed by atoms with van der Waals surface area (Å²) in [5, 5.41) is 9.22. The number of carbonyl (C=O) groups excluding carboxylic acids is 1. The highest BCUT2D eigenvalue weighted by Gasteiger charge is 2.34. The minimum absolute atomic E-state index is 0.0629. The summed E-state index contributed by atoms with van der Waals surface area (Å²) in [6.07, 6.45) is 0.896. The number of aromatic carboxylic acids is 1. The molecule has 1 aliphatic heterocycles. The lowest BCUT2D eigenvalue weighted by molar-refractivity contribution is -0.136. The molecule has 1 fully saturated rings. The molecule has 25 heavy (non-hydrogen) atoms. The summed E-state index contributed by atoms with van der Waals surface area (Å²) in [7, 11) is -3.89. The van der Waals surface area contributed by atoms with Gasteiger partial charge < -0.3 is 10.0 Å². The van der Waals surface area contributed by atoms with E-state index in [2.05, 4.69) is 0 Å². The molecule has 138 valence electrons. The van der Waals surface area contributed by atoms with E-state index in [1.165, 1.54) is 28.6 Å². The van der Waals surface area contributed by atoms with Gasteiger partial charge in [-0.15, -0.1) is 0 Å². The van der Waals surface area contributed by atoms with Crippen LogP contribution in [-0.4, -0.2) is 60.8 Å². The van der Waals surface area contributed by atoms with Gasteiger partial charge in [0, 0.05) is 32.1 Å². The van der Waals surface area contributed by atoms with Gasteiger partial charge in [0.2, 0.25) is 15.9 Å². The predicted molar refractivity (Wildman–Crippen MR) is 92.8 cm³/mol. The summed E-state index contributed by atoms with van der Waals surface area (Å²) in [6, 6.07) is 5.60. The second-order valence-electron chi connectivity index (χ2n) is 5.99. The van der Waals surface area contributed by atoms with Gasteiger partial charge in [-0.3, -0.25) is 4.79 Å². The topological polar surface area (TPSA) is 95.0 Å². The fourth-order valence-electron chi connectivity index (χ4n) is 3.14. The molecule has 1 aromatic carbocycles. The van der Waals surface area contributed by atoms with Crippen LogP contribution in [0.3, 0.4) is 0 Å². The third-order valence-corrected chi connectivity index (χ3v) is 6.57. The lowest BCUT2D eigenvalue weighted by atomic mass is 9.96. The van der Waals surface area contributed by atoms with Crippen molar-refractivity contribution in [2.24, 2.45) is 5.92 Å². The Labute approximate surface area is 148 Å². The van der Waals surface area contributed by atoms with Gasteiger partial charge in [-0.2, -0.15) is 4.31 Å². The lowest BCUT2D eigenvalue weighted by Gasteiger charge is -2.33. The first-order chi connectivity index (χ1) is 11.8. The second-order valence-corrected chi connectivity index (χ2v) is 7.90. The first kappa shape index (κ1) is 19.4. The van der Waals surface area contributed by atoms with Gasteiger partial charge in [0.25, 0.3) is 0 Å². The van der Waals surface area contributed by atoms with Crippen molar-refractivity contribution < 1.29 is 23.1 Å². The van der Waals surface area contributed by atoms with E-state index in [0.29, 0.717) is 25.9 Å². The number of hydrogen-bond acceptors (Lipinski definition) is 4. The molecule has 1 aliphatic rings. The molecule has 0 aliphatic carbocycles. The minimum atomic E-state index is -3.89. The number of carboxylic acid groups (broad SMARTS) is 1. The van der Waals surface area contributed by atoms with Gasteiger partial charge in [-0.25, -0.2) is 13.2 Å². The number of piperidine rings is 1. The molecule has 1 N–H and O–H groups in total. The van der Waals surface area contributed by atoms with Crippen molar-refractivity contribution >= 4 is 21.9 Å². The maximum atomic E-state index is 12.8. The molecule has 8 heteroatoms. The quantitative estimate of drug-likeness (QED) is 0.824. The average Bonchev–Trinajstić information content (AvgIpc) is 2.62. The minimum Gasteiger partial charge on any atom is -0.478 e. The molecular formula is C17H24N2O5S. The fourth-order valence-corrected chi connectivity index (χ4v) is 4.80. The number of carboxylic acids is 1. The molecule has 0 atom stereocenters. The van der Waals surface area contributed by atoms with Crippen molar-refractivity contribution in [3.05, 3.63) is 29.8 Å². The molecule has 0 radical (unpaired) electrons. The Kier molecular flexibility index (Phi) is 6.18. The van der Waals surface area contributed by atoms with Crippen LogP contribution in [0.25, 0.3) is 0 Å². The molecule has 1 aromatic rings. The van der Waals surface area contributed by atoms with E-state index in [0.717, 1.165) is 0 Å². The Morgan fingerprint density at radius 2 is 1.72 bits per heavy atom. The second kappa shape index (κ2) is 7.97. The van der Waals surface area contributed by atoms with Crippen LogP contribution in [0.2, 0.25) is 0 Å². The van der Waals surface area contributed by atoms with Crippen LogP contribution in [0.15, 0.2) is 29.2 Å². The van der Waals surface area contributed by atoms with Gasteiger partial charge in [0.15, 0.2) is 0 Å². The zero-order valence-corrected chi connectivity index (χ0v) is 15.3. The molecule has 0 saturated carbocycles. The van der Waals surface area contributed by atoms with Crippen LogP contribution in [0.1, 0.15) is 37.0 Å². The summed E-state index contributed by atoms with van der Waals surface area (Å²) < 4.78 is 26.9. The van der Waals surface area contributed by atoms with E-state index in [-0.39, 0.29) is 35.4 Å². The SMILES string of the molecule is CCN(CC)C(=O)C1CCN(S(=O)(=O)c2ccccc2C(=O)O)CC1. The van der Waals surface area contributed by atoms with Gasteiger partial charge in [0.05, 0.1) is 10.5 Å². The Balaban J connectivity index is 2.15. The molecule has 0 aromatic heterocycles. The molecule has 0 bridgehead atoms. The van der Waals surface area contributed by atoms with Crippen LogP contribution >= 0.6 is 0 Å². The monoisotopic (exact) mass is 368 g/mol. The summed E-state index contributed by atoms with van der Waals surface area (Å²) in [5.74, 6) is -1.39. The summed E-state index contributed by atoms with van der Waals surface area (Å²) >= 11 is 0. The van der Waals surface area contributed by atoms with Gasteiger partial charge >= 0.3 is 5.97 Å². The predicted octanol–water partition coefficient (Wildman–Crippen LogP) is 1.65. The molecule has 0 unspecified atom stereocenters. The number of benzene rings is 1. The molecule has 2 rings (SSSR count). The number of rotatable bonds is 6. The van der Waals surface area contributed by atoms with Crippen molar-refractivity contribution in [1.29, 1.82) is 0 Å². The number of nitrogens with zero attached hydrogens (tertiary/aromatic N) is 2. The summed E-state index contributed by atoms with van der Waals surface area (Å²) in [4.78, 5) is 25.3. The lowest BCUT2D eigenvalue weighted by Crippen LogP contribution is -2.44. The van der Waals surface area contributed by atoms with E-state index in [4.69, 9.17) is 0 Å². The Hall–Kier alpha value is -1.93. The Morgan fingerprint density at radius 1 is 1.16 bits per heavy atom. The van der Waals surface area contributed by atoms with Crippen LogP contribution in [-0.2, 0) is 14.8 Å². The summed E-state index contributed by atoms with van der Waals surface area (Å²) in [5.41, 5.74) is -0.233. The van der Waals surface area contributed by atoms with Gasteiger partial charge in [-0.05, 0) is 38.8 Å². The highest BCUT2D eigenvalue weighted by atomic mass is 32.2. The van der Waals surface area contributed by atoms with Crippen molar-refractivity contribution in [3.63, 3.8) is 0 Å². The van der Waals surface area contributed by atoms with E-state index in [1.54, 1.807) is 4.90 Å². The van der Waals surface area contributed by atoms with Gasteiger partial charge in [0.1, 0.15) is 0 Å². The molecule has 1 amide bonds. The maximum absolute atomic E-state index is 12.8. The van der Waals surface area contributed by atoms with Crippen LogP contribution in [0.5, 0.6) is 0 Å². The number of amides is 1. The molecule has 1 saturated heterocycles. The third-order valence-electron chi connectivity index (χ3n) is 4.61. The van der Waals surface area contributed by atoms with E-state index < -0.39 is 16.0 Å². The molecule has 0 spiro atoms. The van der Waals surface area contributed by atoms with Crippen LogP contribution < -0.4 is 0 Å². The normalized spacial score (nSPS) is 16.6. The highest BCUT2D eigenvalue weighted by molar-refractivity contribution is 7.89. The Morgan fingerprint density at radius 3 is 2.24 bits per heavy atom. The standard InChI is InChI=1S/C17H24N2O5S/c1-3-18(4-2)16(20)13-9-11-19(12-10-13)25(23,24)15-8-6-5-7-14(15)17(21)22/h5-8,13H,3-4,9-12H2,1-2H3,(H,21,22). The number of sulfonamides is 1. The van der Waals surface area contributed by atoms with Crippen LogP contribution in [0, 0.1) is 5.92 Å². The zero-order chi connectivity index (χ0) is 18.6. The molecule has 1 heterocycles. The molecule has 7 nitrogen and oxygen atoms in total. The third kappa shape index (κ3) is 4.01. The van der Waals surface area contributed by atoms with Crippen LogP contribution in [0.4, 0.5) is 0 Å². The van der Waals surface area contributed by atoms with E-state index in [9.17, 15) is 23.1 Å². The van der Waals surface area contributed by atoms with Gasteiger partial charge in [-0.1, -0.05) is 12.1 Å². The molecular weight excluding hydrogens is 344 g/mol. The van der Waals surface area contributed by atoms with Crippen molar-refractivity contribution in [1.82, 2.24) is 9.21 Å². The van der Waals surface area contributed by atoms with Crippen molar-refractivity contribution in [2.75, 3.05) is 26.2 Å². The first-order valence-corrected chi connectivity index (χ1v) is 9.88. The average molecular weight is 368 g/mol. The largest absolute Gasteiger partial charge is 0.478 e. The maximum Gasteiger partial charge on any atom is 0.337 e. The zero-order valence-electron chi connectivity index (χ0n) is 14.5. The first-order valence-electron chi connectivity index (χ1n) is 8.44. The highest BCUT2D eigenvalue weighted by Crippen LogP contribution is 2.26. The fraction of sp³-hybridized carbons (Fsp3) is 0.529. The number of carbonyl (C=O) groups is 2. The van der Waals surface area contributed by atoms with E-state index in [1.807, 2.05) is 13.8 Å².